The van der Waals surface area contributed by atoms with E-state index in [0.717, 1.165) is 12.5 Å². The summed E-state index contributed by atoms with van der Waals surface area (Å²) in [4.78, 5) is 4.44. The molecule has 0 saturated heterocycles. The largest absolute Gasteiger partial charge is 0.383 e. The third kappa shape index (κ3) is 5.89. The van der Waals surface area contributed by atoms with Crippen LogP contribution < -0.4 is 16.6 Å². The van der Waals surface area contributed by atoms with Gasteiger partial charge in [-0.25, -0.2) is 5.84 Å². The van der Waals surface area contributed by atoms with Crippen molar-refractivity contribution in [2.24, 2.45) is 16.8 Å². The molecule has 1 fully saturated rings. The summed E-state index contributed by atoms with van der Waals surface area (Å²) < 4.78 is 5.05. The lowest BCUT2D eigenvalue weighted by molar-refractivity contribution is 0.179. The predicted molar refractivity (Wildman–Crippen MR) is 70.7 cm³/mol. The first-order valence-electron chi connectivity index (χ1n) is 6.52. The van der Waals surface area contributed by atoms with E-state index in [0.29, 0.717) is 12.6 Å². The molecule has 0 heterocycles. The van der Waals surface area contributed by atoms with Crippen LogP contribution in [0.5, 0.6) is 0 Å². The molecule has 1 unspecified atom stereocenters. The van der Waals surface area contributed by atoms with E-state index in [2.05, 4.69) is 15.7 Å². The fraction of sp³-hybridized carbons (Fsp3) is 0.917. The summed E-state index contributed by atoms with van der Waals surface area (Å²) in [6.07, 6.45) is 6.69. The molecule has 0 aromatic rings. The van der Waals surface area contributed by atoms with Crippen LogP contribution >= 0.6 is 0 Å². The number of nitrogens with two attached hydrogens (primary N) is 1. The number of nitrogens with zero attached hydrogens (tertiary/aromatic N) is 1. The fourth-order valence-electron chi connectivity index (χ4n) is 2.32. The molecule has 5 heteroatoms. The zero-order chi connectivity index (χ0) is 12.5. The molecule has 17 heavy (non-hydrogen) atoms. The van der Waals surface area contributed by atoms with E-state index in [1.54, 1.807) is 7.11 Å². The van der Waals surface area contributed by atoms with Gasteiger partial charge in [-0.05, 0) is 19.3 Å². The quantitative estimate of drug-likeness (QED) is 0.281. The van der Waals surface area contributed by atoms with Crippen molar-refractivity contribution in [3.63, 3.8) is 0 Å². The topological polar surface area (TPSA) is 71.7 Å². The zero-order valence-corrected chi connectivity index (χ0v) is 11.0. The second-order valence-corrected chi connectivity index (χ2v) is 4.81. The van der Waals surface area contributed by atoms with Crippen molar-refractivity contribution in [3.05, 3.63) is 0 Å². The highest BCUT2D eigenvalue weighted by atomic mass is 16.5. The molecule has 1 aliphatic carbocycles. The Morgan fingerprint density at radius 1 is 1.47 bits per heavy atom. The van der Waals surface area contributed by atoms with Gasteiger partial charge in [0.25, 0.3) is 0 Å². The fourth-order valence-corrected chi connectivity index (χ4v) is 2.32. The minimum absolute atomic E-state index is 0.210. The van der Waals surface area contributed by atoms with Gasteiger partial charge in [0.05, 0.1) is 6.61 Å². The summed E-state index contributed by atoms with van der Waals surface area (Å²) in [5.41, 5.74) is 2.60. The lowest BCUT2D eigenvalue weighted by atomic mass is 10.0. The van der Waals surface area contributed by atoms with Crippen molar-refractivity contribution < 1.29 is 4.74 Å². The Kier molecular flexibility index (Phi) is 6.96. The molecule has 100 valence electrons. The van der Waals surface area contributed by atoms with Crippen LogP contribution in [0.4, 0.5) is 0 Å². The monoisotopic (exact) mass is 242 g/mol. The van der Waals surface area contributed by atoms with Crippen LogP contribution in [-0.2, 0) is 4.74 Å². The highest BCUT2D eigenvalue weighted by Crippen LogP contribution is 2.27. The van der Waals surface area contributed by atoms with Gasteiger partial charge in [-0.15, -0.1) is 0 Å². The third-order valence-corrected chi connectivity index (χ3v) is 3.22. The standard InChI is InChI=1S/C12H26N4O/c1-10(9-17-2)15-12(16-13)14-8-7-11-5-3-4-6-11/h10-11H,3-9,13H2,1-2H3,(H2,14,15,16). The molecule has 5 nitrogen and oxygen atoms in total. The van der Waals surface area contributed by atoms with Crippen molar-refractivity contribution >= 4 is 5.96 Å². The Morgan fingerprint density at radius 3 is 2.76 bits per heavy atom. The first-order valence-corrected chi connectivity index (χ1v) is 6.52. The maximum Gasteiger partial charge on any atom is 0.206 e. The summed E-state index contributed by atoms with van der Waals surface area (Å²) in [6, 6.07) is 0.210. The van der Waals surface area contributed by atoms with E-state index in [-0.39, 0.29) is 6.04 Å². The Hall–Kier alpha value is -0.810. The SMILES string of the molecule is COCC(C)NC(=NCCC1CCCC1)NN. The molecule has 1 atom stereocenters. The highest BCUT2D eigenvalue weighted by Gasteiger charge is 2.14. The first kappa shape index (κ1) is 14.3. The van der Waals surface area contributed by atoms with Gasteiger partial charge >= 0.3 is 0 Å². The average molecular weight is 242 g/mol. The van der Waals surface area contributed by atoms with E-state index >= 15 is 0 Å². The Balaban J connectivity index is 2.22. The molecule has 0 radical (unpaired) electrons. The molecular formula is C12H26N4O. The molecular weight excluding hydrogens is 216 g/mol. The maximum atomic E-state index is 5.43. The number of hydrogen-bond donors (Lipinski definition) is 3. The summed E-state index contributed by atoms with van der Waals surface area (Å²) in [7, 11) is 1.69. The molecule has 0 spiro atoms. The number of guanidine groups is 1. The molecule has 1 aliphatic rings. The van der Waals surface area contributed by atoms with Crippen LogP contribution in [0.1, 0.15) is 39.0 Å². The first-order chi connectivity index (χ1) is 8.26. The van der Waals surface area contributed by atoms with Crippen molar-refractivity contribution in [1.29, 1.82) is 0 Å². The number of aliphatic imine (C=N–C) groups is 1. The number of rotatable bonds is 6. The normalized spacial score (nSPS) is 19.4. The minimum atomic E-state index is 0.210. The maximum absolute atomic E-state index is 5.43. The molecule has 0 amide bonds. The van der Waals surface area contributed by atoms with E-state index in [1.807, 2.05) is 6.92 Å². The van der Waals surface area contributed by atoms with Crippen LogP contribution in [0, 0.1) is 5.92 Å². The van der Waals surface area contributed by atoms with Gasteiger partial charge in [0.15, 0.2) is 0 Å². The van der Waals surface area contributed by atoms with Crippen molar-refractivity contribution in [3.8, 4) is 0 Å². The molecule has 1 rings (SSSR count). The second kappa shape index (κ2) is 8.31. The minimum Gasteiger partial charge on any atom is -0.383 e. The van der Waals surface area contributed by atoms with Crippen molar-refractivity contribution in [2.75, 3.05) is 20.3 Å². The van der Waals surface area contributed by atoms with E-state index in [9.17, 15) is 0 Å². The Morgan fingerprint density at radius 2 is 2.18 bits per heavy atom. The number of hydrogen-bond acceptors (Lipinski definition) is 3. The average Bonchev–Trinajstić information content (AvgIpc) is 2.81. The molecule has 0 bridgehead atoms. The van der Waals surface area contributed by atoms with Gasteiger partial charge in [-0.1, -0.05) is 25.7 Å². The van der Waals surface area contributed by atoms with Gasteiger partial charge in [-0.2, -0.15) is 0 Å². The van der Waals surface area contributed by atoms with E-state index < -0.39 is 0 Å². The van der Waals surface area contributed by atoms with Crippen LogP contribution in [0.25, 0.3) is 0 Å². The van der Waals surface area contributed by atoms with E-state index in [4.69, 9.17) is 10.6 Å². The molecule has 0 aromatic heterocycles. The number of ether oxygens (including phenoxy) is 1. The highest BCUT2D eigenvalue weighted by molar-refractivity contribution is 5.79. The molecule has 0 aromatic carbocycles. The van der Waals surface area contributed by atoms with Crippen LogP contribution in [-0.4, -0.2) is 32.3 Å². The number of hydrazine groups is 1. The van der Waals surface area contributed by atoms with Crippen molar-refractivity contribution in [2.45, 2.75) is 45.1 Å². The van der Waals surface area contributed by atoms with Crippen molar-refractivity contribution in [1.82, 2.24) is 10.7 Å². The molecule has 1 saturated carbocycles. The lowest BCUT2D eigenvalue weighted by Crippen LogP contribution is -2.46. The van der Waals surface area contributed by atoms with Gasteiger partial charge in [-0.3, -0.25) is 10.4 Å². The smallest absolute Gasteiger partial charge is 0.206 e. The summed E-state index contributed by atoms with van der Waals surface area (Å²) in [5, 5.41) is 3.18. The lowest BCUT2D eigenvalue weighted by Gasteiger charge is -2.15. The summed E-state index contributed by atoms with van der Waals surface area (Å²) in [6.45, 7) is 3.52. The number of nitrogens with one attached hydrogen (secondary N) is 2. The van der Waals surface area contributed by atoms with Crippen LogP contribution in [0.3, 0.4) is 0 Å². The predicted octanol–water partition coefficient (Wildman–Crippen LogP) is 1.01. The van der Waals surface area contributed by atoms with Gasteiger partial charge in [0.1, 0.15) is 0 Å². The Bertz CT molecular complexity index is 227. The summed E-state index contributed by atoms with van der Waals surface area (Å²) >= 11 is 0. The molecule has 4 N–H and O–H groups in total. The zero-order valence-electron chi connectivity index (χ0n) is 11.0. The van der Waals surface area contributed by atoms with Gasteiger partial charge in [0, 0.05) is 19.7 Å². The number of methoxy groups -OCH3 is 1. The van der Waals surface area contributed by atoms with Crippen LogP contribution in [0.2, 0.25) is 0 Å². The van der Waals surface area contributed by atoms with Crippen LogP contribution in [0.15, 0.2) is 4.99 Å². The second-order valence-electron chi connectivity index (χ2n) is 4.81. The van der Waals surface area contributed by atoms with Gasteiger partial charge in [0.2, 0.25) is 5.96 Å². The van der Waals surface area contributed by atoms with E-state index in [1.165, 1.54) is 32.1 Å². The summed E-state index contributed by atoms with van der Waals surface area (Å²) in [5.74, 6) is 6.96. The van der Waals surface area contributed by atoms with Gasteiger partial charge < -0.3 is 10.1 Å². The third-order valence-electron chi connectivity index (χ3n) is 3.22. The Labute approximate surface area is 104 Å². The molecule has 0 aliphatic heterocycles.